The van der Waals surface area contributed by atoms with Gasteiger partial charge in [-0.2, -0.15) is 5.26 Å². The van der Waals surface area contributed by atoms with Gasteiger partial charge < -0.3 is 4.98 Å². The van der Waals surface area contributed by atoms with Gasteiger partial charge >= 0.3 is 0 Å². The fourth-order valence-corrected chi connectivity index (χ4v) is 2.90. The zero-order chi connectivity index (χ0) is 19.0. The van der Waals surface area contributed by atoms with Crippen molar-refractivity contribution in [3.05, 3.63) is 69.1 Å². The van der Waals surface area contributed by atoms with Gasteiger partial charge in [0.05, 0.1) is 17.0 Å². The van der Waals surface area contributed by atoms with Crippen LogP contribution in [0.15, 0.2) is 41.2 Å². The molecule has 1 aliphatic carbocycles. The highest BCUT2D eigenvalue weighted by Gasteiger charge is 2.40. The van der Waals surface area contributed by atoms with Crippen LogP contribution in [-0.2, 0) is 11.8 Å². The number of pyridine rings is 1. The van der Waals surface area contributed by atoms with Crippen LogP contribution in [0.4, 0.5) is 0 Å². The van der Waals surface area contributed by atoms with Crippen molar-refractivity contribution < 1.29 is 4.79 Å². The van der Waals surface area contributed by atoms with E-state index in [1.165, 1.54) is 6.07 Å². The van der Waals surface area contributed by atoms with Gasteiger partial charge in [0, 0.05) is 17.3 Å². The van der Waals surface area contributed by atoms with Gasteiger partial charge in [0.15, 0.2) is 5.78 Å². The lowest BCUT2D eigenvalue weighted by molar-refractivity contribution is 0.0874. The molecule has 0 saturated carbocycles. The van der Waals surface area contributed by atoms with E-state index in [-0.39, 0.29) is 11.3 Å². The number of hydrogen-bond acceptors (Lipinski definition) is 3. The van der Waals surface area contributed by atoms with Gasteiger partial charge in [-0.1, -0.05) is 39.8 Å². The molecule has 1 aromatic heterocycles. The van der Waals surface area contributed by atoms with Gasteiger partial charge in [-0.25, -0.2) is 0 Å². The molecule has 1 heterocycles. The molecule has 2 aromatic rings. The standard InChI is InChI=1S/C17H14N2O2.2C2H6/c1-17(12-4-2-11(10-18)3-5-12)9-8-14-13(16(17)21)6-7-15(20)19-14;2*1-2/h2-7H,8-9H2,1H3,(H,19,20);2*1-2H3. The van der Waals surface area contributed by atoms with E-state index in [4.69, 9.17) is 5.26 Å². The lowest BCUT2D eigenvalue weighted by atomic mass is 9.69. The van der Waals surface area contributed by atoms with Crippen molar-refractivity contribution in [2.45, 2.75) is 52.9 Å². The van der Waals surface area contributed by atoms with E-state index in [2.05, 4.69) is 11.1 Å². The molecule has 132 valence electrons. The summed E-state index contributed by atoms with van der Waals surface area (Å²) in [6.45, 7) is 9.92. The minimum Gasteiger partial charge on any atom is -0.325 e. The summed E-state index contributed by atoms with van der Waals surface area (Å²) in [4.78, 5) is 26.9. The van der Waals surface area contributed by atoms with E-state index in [9.17, 15) is 9.59 Å². The maximum atomic E-state index is 12.8. The Morgan fingerprint density at radius 1 is 1.00 bits per heavy atom. The molecule has 0 spiro atoms. The largest absolute Gasteiger partial charge is 0.325 e. The number of rotatable bonds is 1. The minimum atomic E-state index is -0.612. The van der Waals surface area contributed by atoms with Gasteiger partial charge in [-0.05, 0) is 43.5 Å². The number of aromatic nitrogens is 1. The zero-order valence-corrected chi connectivity index (χ0v) is 15.6. The number of nitrogens with zero attached hydrogens (tertiary/aromatic N) is 1. The van der Waals surface area contributed by atoms with Crippen LogP contribution in [0.3, 0.4) is 0 Å². The van der Waals surface area contributed by atoms with Gasteiger partial charge in [0.2, 0.25) is 5.56 Å². The van der Waals surface area contributed by atoms with Crippen LogP contribution in [0.25, 0.3) is 0 Å². The summed E-state index contributed by atoms with van der Waals surface area (Å²) in [6, 6.07) is 12.2. The molecular weight excluding hydrogens is 312 g/mol. The number of nitrogens with one attached hydrogen (secondary N) is 1. The number of Topliss-reactive ketones (excluding diaryl/α,β-unsaturated/α-hetero) is 1. The molecule has 0 fully saturated rings. The van der Waals surface area contributed by atoms with E-state index in [1.54, 1.807) is 18.2 Å². The fraction of sp³-hybridized carbons (Fsp3) is 0.381. The number of hydrogen-bond donors (Lipinski definition) is 1. The topological polar surface area (TPSA) is 73.7 Å². The van der Waals surface area contributed by atoms with Crippen molar-refractivity contribution in [3.63, 3.8) is 0 Å². The van der Waals surface area contributed by atoms with Gasteiger partial charge in [-0.3, -0.25) is 9.59 Å². The third-order valence-corrected chi connectivity index (χ3v) is 4.27. The molecule has 0 radical (unpaired) electrons. The molecule has 4 heteroatoms. The second kappa shape index (κ2) is 8.98. The number of nitriles is 1. The molecule has 4 nitrogen and oxygen atoms in total. The summed E-state index contributed by atoms with van der Waals surface area (Å²) in [7, 11) is 0. The number of H-pyrrole nitrogens is 1. The van der Waals surface area contributed by atoms with E-state index in [1.807, 2.05) is 46.8 Å². The maximum Gasteiger partial charge on any atom is 0.248 e. The van der Waals surface area contributed by atoms with Crippen molar-refractivity contribution in [1.82, 2.24) is 4.98 Å². The molecule has 1 aliphatic rings. The van der Waals surface area contributed by atoms with E-state index in [0.717, 1.165) is 11.3 Å². The predicted molar refractivity (Wildman–Crippen MR) is 101 cm³/mol. The lowest BCUT2D eigenvalue weighted by Crippen LogP contribution is -2.38. The summed E-state index contributed by atoms with van der Waals surface area (Å²) in [5, 5.41) is 8.86. The Labute approximate surface area is 149 Å². The van der Waals surface area contributed by atoms with Gasteiger partial charge in [-0.15, -0.1) is 0 Å². The van der Waals surface area contributed by atoms with Crippen LogP contribution >= 0.6 is 0 Å². The lowest BCUT2D eigenvalue weighted by Gasteiger charge is -2.33. The monoisotopic (exact) mass is 338 g/mol. The Kier molecular flexibility index (Phi) is 7.32. The van der Waals surface area contributed by atoms with Gasteiger partial charge in [0.1, 0.15) is 0 Å². The molecule has 25 heavy (non-hydrogen) atoms. The van der Waals surface area contributed by atoms with Gasteiger partial charge in [0.25, 0.3) is 0 Å². The van der Waals surface area contributed by atoms with Crippen molar-refractivity contribution in [3.8, 4) is 6.07 Å². The molecule has 0 amide bonds. The van der Waals surface area contributed by atoms with Crippen LogP contribution < -0.4 is 5.56 Å². The molecular formula is C21H26N2O2. The fourth-order valence-electron chi connectivity index (χ4n) is 2.90. The molecule has 0 aliphatic heterocycles. The molecule has 1 unspecified atom stereocenters. The summed E-state index contributed by atoms with van der Waals surface area (Å²) in [6.07, 6.45) is 1.30. The molecule has 0 saturated heterocycles. The molecule has 1 N–H and O–H groups in total. The van der Waals surface area contributed by atoms with E-state index >= 15 is 0 Å². The number of benzene rings is 1. The number of aryl methyl sites for hydroxylation is 1. The minimum absolute atomic E-state index is 0.0182. The summed E-state index contributed by atoms with van der Waals surface area (Å²) >= 11 is 0. The quantitative estimate of drug-likeness (QED) is 0.838. The summed E-state index contributed by atoms with van der Waals surface area (Å²) in [5.74, 6) is 0.0182. The second-order valence-electron chi connectivity index (χ2n) is 5.57. The first-order valence-electron chi connectivity index (χ1n) is 8.82. The second-order valence-corrected chi connectivity index (χ2v) is 5.57. The van der Waals surface area contributed by atoms with Crippen LogP contribution in [0.2, 0.25) is 0 Å². The molecule has 1 aromatic carbocycles. The number of carbonyl (C=O) groups is 1. The zero-order valence-electron chi connectivity index (χ0n) is 15.6. The Balaban J connectivity index is 0.000000730. The van der Waals surface area contributed by atoms with Crippen molar-refractivity contribution >= 4 is 5.78 Å². The predicted octanol–water partition coefficient (Wildman–Crippen LogP) is 4.39. The molecule has 1 atom stereocenters. The third kappa shape index (κ3) is 4.06. The molecule has 0 bridgehead atoms. The van der Waals surface area contributed by atoms with E-state index < -0.39 is 5.41 Å². The number of aromatic amines is 1. The van der Waals surface area contributed by atoms with Crippen LogP contribution in [0.5, 0.6) is 0 Å². The number of carbonyl (C=O) groups excluding carboxylic acids is 1. The average Bonchev–Trinajstić information content (AvgIpc) is 2.68. The Hall–Kier alpha value is -2.67. The van der Waals surface area contributed by atoms with E-state index in [0.29, 0.717) is 24.0 Å². The third-order valence-electron chi connectivity index (χ3n) is 4.27. The Morgan fingerprint density at radius 2 is 1.60 bits per heavy atom. The SMILES string of the molecule is CC.CC.CC1(c2ccc(C#N)cc2)CCc2[nH]c(=O)ccc2C1=O. The highest BCUT2D eigenvalue weighted by atomic mass is 16.1. The number of fused-ring (bicyclic) bond motifs is 1. The van der Waals surface area contributed by atoms with Crippen LogP contribution in [0.1, 0.15) is 68.2 Å². The Morgan fingerprint density at radius 3 is 2.16 bits per heavy atom. The van der Waals surface area contributed by atoms with Crippen molar-refractivity contribution in [1.29, 1.82) is 5.26 Å². The van der Waals surface area contributed by atoms with Crippen molar-refractivity contribution in [2.24, 2.45) is 0 Å². The van der Waals surface area contributed by atoms with Crippen LogP contribution in [0, 0.1) is 11.3 Å². The maximum absolute atomic E-state index is 12.8. The molecule has 3 rings (SSSR count). The summed E-state index contributed by atoms with van der Waals surface area (Å²) < 4.78 is 0. The number of ketones is 1. The first kappa shape index (κ1) is 20.4. The normalized spacial score (nSPS) is 17.8. The highest BCUT2D eigenvalue weighted by Crippen LogP contribution is 2.37. The Bertz CT molecular complexity index is 813. The first-order valence-corrected chi connectivity index (χ1v) is 8.82. The smallest absolute Gasteiger partial charge is 0.248 e. The first-order chi connectivity index (χ1) is 12.0. The summed E-state index contributed by atoms with van der Waals surface area (Å²) in [5.41, 5.74) is 2.01. The van der Waals surface area contributed by atoms with Crippen LogP contribution in [-0.4, -0.2) is 10.8 Å². The van der Waals surface area contributed by atoms with Crippen molar-refractivity contribution in [2.75, 3.05) is 0 Å². The average molecular weight is 338 g/mol. The highest BCUT2D eigenvalue weighted by molar-refractivity contribution is 6.05.